The fourth-order valence-electron chi connectivity index (χ4n) is 3.33. The molecule has 1 aliphatic heterocycles. The summed E-state index contributed by atoms with van der Waals surface area (Å²) in [5.41, 5.74) is 7.82. The van der Waals surface area contributed by atoms with Crippen molar-refractivity contribution in [2.75, 3.05) is 18.0 Å². The largest absolute Gasteiger partial charge is 0.368 e. The lowest BCUT2D eigenvalue weighted by Crippen LogP contribution is -2.39. The van der Waals surface area contributed by atoms with Crippen LogP contribution in [0.3, 0.4) is 0 Å². The molecule has 0 amide bonds. The number of hydrogen-bond donors (Lipinski definition) is 1. The number of piperidine rings is 1. The summed E-state index contributed by atoms with van der Waals surface area (Å²) in [7, 11) is -3.93. The Labute approximate surface area is 151 Å². The van der Waals surface area contributed by atoms with Crippen molar-refractivity contribution in [2.45, 2.75) is 23.8 Å². The van der Waals surface area contributed by atoms with E-state index in [2.05, 4.69) is 9.88 Å². The van der Waals surface area contributed by atoms with Crippen molar-refractivity contribution < 1.29 is 12.8 Å². The zero-order valence-electron chi connectivity index (χ0n) is 14.0. The van der Waals surface area contributed by atoms with Crippen molar-refractivity contribution >= 4 is 26.7 Å². The Morgan fingerprint density at radius 2 is 1.92 bits per heavy atom. The molecule has 0 spiro atoms. The summed E-state index contributed by atoms with van der Waals surface area (Å²) in [4.78, 5) is 6.40. The molecule has 0 unspecified atom stereocenters. The van der Waals surface area contributed by atoms with Crippen molar-refractivity contribution in [2.24, 2.45) is 5.73 Å². The van der Waals surface area contributed by atoms with E-state index in [1.807, 2.05) is 0 Å². The number of aromatic nitrogens is 2. The second-order valence-electron chi connectivity index (χ2n) is 6.47. The zero-order valence-corrected chi connectivity index (χ0v) is 14.9. The number of pyridine rings is 1. The van der Waals surface area contributed by atoms with E-state index in [-0.39, 0.29) is 10.9 Å². The van der Waals surface area contributed by atoms with Crippen molar-refractivity contribution in [3.63, 3.8) is 0 Å². The number of nitrogens with zero attached hydrogens (tertiary/aromatic N) is 3. The molecular formula is C18H19FN4O2S. The minimum absolute atomic E-state index is 0.0922. The molecule has 1 saturated heterocycles. The van der Waals surface area contributed by atoms with Crippen LogP contribution in [-0.2, 0) is 10.0 Å². The number of benzene rings is 1. The van der Waals surface area contributed by atoms with Gasteiger partial charge >= 0.3 is 0 Å². The van der Waals surface area contributed by atoms with Gasteiger partial charge in [-0.25, -0.2) is 16.8 Å². The van der Waals surface area contributed by atoms with Crippen LogP contribution in [0.4, 0.5) is 10.1 Å². The summed E-state index contributed by atoms with van der Waals surface area (Å²) in [5.74, 6) is -0.592. The number of fused-ring (bicyclic) bond motifs is 1. The van der Waals surface area contributed by atoms with Crippen molar-refractivity contribution in [1.29, 1.82) is 0 Å². The van der Waals surface area contributed by atoms with Crippen LogP contribution < -0.4 is 10.6 Å². The SMILES string of the molecule is NC1CCN(c2cn(S(=O)(=O)c3cccc(F)c3)c3cccnc23)CC1. The lowest BCUT2D eigenvalue weighted by Gasteiger charge is -2.31. The van der Waals surface area contributed by atoms with Gasteiger partial charge in [-0.2, -0.15) is 0 Å². The van der Waals surface area contributed by atoms with E-state index in [0.717, 1.165) is 37.7 Å². The van der Waals surface area contributed by atoms with Crippen LogP contribution >= 0.6 is 0 Å². The fourth-order valence-corrected chi connectivity index (χ4v) is 4.71. The topological polar surface area (TPSA) is 81.2 Å². The minimum Gasteiger partial charge on any atom is -0.368 e. The highest BCUT2D eigenvalue weighted by Crippen LogP contribution is 2.32. The third-order valence-electron chi connectivity index (χ3n) is 4.74. The second-order valence-corrected chi connectivity index (χ2v) is 8.28. The number of rotatable bonds is 3. The van der Waals surface area contributed by atoms with Crippen LogP contribution in [0, 0.1) is 5.82 Å². The van der Waals surface area contributed by atoms with Crippen molar-refractivity contribution in [3.8, 4) is 0 Å². The first-order valence-electron chi connectivity index (χ1n) is 8.44. The van der Waals surface area contributed by atoms with Gasteiger partial charge in [0, 0.05) is 31.5 Å². The molecule has 136 valence electrons. The average Bonchev–Trinajstić information content (AvgIpc) is 3.03. The van der Waals surface area contributed by atoms with Gasteiger partial charge in [0.1, 0.15) is 11.3 Å². The van der Waals surface area contributed by atoms with E-state index in [0.29, 0.717) is 11.0 Å². The first kappa shape index (κ1) is 17.0. The molecule has 0 saturated carbocycles. The molecule has 2 N–H and O–H groups in total. The lowest BCUT2D eigenvalue weighted by molar-refractivity contribution is 0.502. The van der Waals surface area contributed by atoms with Gasteiger partial charge in [-0.05, 0) is 43.2 Å². The summed E-state index contributed by atoms with van der Waals surface area (Å²) < 4.78 is 40.9. The highest BCUT2D eigenvalue weighted by molar-refractivity contribution is 7.90. The highest BCUT2D eigenvalue weighted by Gasteiger charge is 2.26. The maximum Gasteiger partial charge on any atom is 0.268 e. The summed E-state index contributed by atoms with van der Waals surface area (Å²) in [5, 5.41) is 0. The molecule has 3 aromatic rings. The van der Waals surface area contributed by atoms with Crippen molar-refractivity contribution in [3.05, 3.63) is 54.6 Å². The average molecular weight is 374 g/mol. The summed E-state index contributed by atoms with van der Waals surface area (Å²) in [6.45, 7) is 1.49. The maximum absolute atomic E-state index is 13.6. The van der Waals surface area contributed by atoms with Crippen molar-refractivity contribution in [1.82, 2.24) is 8.96 Å². The molecule has 3 heterocycles. The molecular weight excluding hydrogens is 355 g/mol. The van der Waals surface area contributed by atoms with E-state index in [1.54, 1.807) is 24.5 Å². The van der Waals surface area contributed by atoms with E-state index < -0.39 is 15.8 Å². The number of nitrogens with two attached hydrogens (primary N) is 1. The van der Waals surface area contributed by atoms with Gasteiger partial charge in [-0.3, -0.25) is 4.98 Å². The van der Waals surface area contributed by atoms with Gasteiger partial charge in [0.05, 0.1) is 16.1 Å². The predicted octanol–water partition coefficient (Wildman–Crippen LogP) is 2.34. The van der Waals surface area contributed by atoms with Crippen LogP contribution in [0.25, 0.3) is 11.0 Å². The second kappa shape index (κ2) is 6.37. The van der Waals surface area contributed by atoms with Gasteiger partial charge in [-0.15, -0.1) is 0 Å². The number of halogens is 1. The van der Waals surface area contributed by atoms with Gasteiger partial charge in [0.25, 0.3) is 10.0 Å². The summed E-state index contributed by atoms with van der Waals surface area (Å²) in [6.07, 6.45) is 4.90. The number of anilines is 1. The zero-order chi connectivity index (χ0) is 18.3. The van der Waals surface area contributed by atoms with Gasteiger partial charge in [-0.1, -0.05) is 6.07 Å². The van der Waals surface area contributed by atoms with Gasteiger partial charge < -0.3 is 10.6 Å². The van der Waals surface area contributed by atoms with Gasteiger partial charge in [0.2, 0.25) is 0 Å². The smallest absolute Gasteiger partial charge is 0.268 e. The first-order valence-corrected chi connectivity index (χ1v) is 9.88. The Kier molecular flexibility index (Phi) is 4.16. The normalized spacial score (nSPS) is 16.3. The van der Waals surface area contributed by atoms with E-state index in [9.17, 15) is 12.8 Å². The Hall–Kier alpha value is -2.45. The van der Waals surface area contributed by atoms with Crippen LogP contribution in [0.15, 0.2) is 53.7 Å². The molecule has 2 aromatic heterocycles. The molecule has 0 radical (unpaired) electrons. The Morgan fingerprint density at radius 3 is 2.65 bits per heavy atom. The molecule has 4 rings (SSSR count). The Balaban J connectivity index is 1.86. The molecule has 6 nitrogen and oxygen atoms in total. The Morgan fingerprint density at radius 1 is 1.15 bits per heavy atom. The number of hydrogen-bond acceptors (Lipinski definition) is 5. The van der Waals surface area contributed by atoms with Gasteiger partial charge in [0.15, 0.2) is 0 Å². The first-order chi connectivity index (χ1) is 12.5. The molecule has 1 aliphatic rings. The summed E-state index contributed by atoms with van der Waals surface area (Å²) >= 11 is 0. The Bertz CT molecular complexity index is 1060. The molecule has 0 atom stereocenters. The van der Waals surface area contributed by atoms with Crippen LogP contribution in [0.1, 0.15) is 12.8 Å². The summed E-state index contributed by atoms with van der Waals surface area (Å²) in [6, 6.07) is 8.59. The van der Waals surface area contributed by atoms with Crippen LogP contribution in [-0.4, -0.2) is 36.5 Å². The molecule has 1 aromatic carbocycles. The van der Waals surface area contributed by atoms with E-state index in [4.69, 9.17) is 5.73 Å². The molecule has 26 heavy (non-hydrogen) atoms. The third kappa shape index (κ3) is 2.85. The quantitative estimate of drug-likeness (QED) is 0.761. The molecule has 8 heteroatoms. The monoisotopic (exact) mass is 374 g/mol. The third-order valence-corrected chi connectivity index (χ3v) is 6.41. The van der Waals surface area contributed by atoms with E-state index in [1.165, 1.54) is 22.2 Å². The van der Waals surface area contributed by atoms with Crippen LogP contribution in [0.5, 0.6) is 0 Å². The maximum atomic E-state index is 13.6. The standard InChI is InChI=1S/C18H19FN4O2S/c19-13-3-1-4-15(11-13)26(24,25)23-12-17(18-16(23)5-2-8-21-18)22-9-6-14(20)7-10-22/h1-5,8,11-12,14H,6-7,9-10,20H2. The highest BCUT2D eigenvalue weighted by atomic mass is 32.2. The van der Waals surface area contributed by atoms with E-state index >= 15 is 0 Å². The lowest BCUT2D eigenvalue weighted by atomic mass is 10.1. The molecule has 0 bridgehead atoms. The molecule has 1 fully saturated rings. The van der Waals surface area contributed by atoms with Crippen LogP contribution in [0.2, 0.25) is 0 Å². The molecule has 0 aliphatic carbocycles. The minimum atomic E-state index is -3.93. The predicted molar refractivity (Wildman–Crippen MR) is 98.1 cm³/mol. The fraction of sp³-hybridized carbons (Fsp3) is 0.278.